The summed E-state index contributed by atoms with van der Waals surface area (Å²) >= 11 is 0. The minimum absolute atomic E-state index is 0.0908. The molecule has 1 fully saturated rings. The fraction of sp³-hybridized carbons (Fsp3) is 0.533. The van der Waals surface area contributed by atoms with E-state index in [-0.39, 0.29) is 18.6 Å². The Balaban J connectivity index is 1.70. The van der Waals surface area contributed by atoms with Gasteiger partial charge >= 0.3 is 0 Å². The quantitative estimate of drug-likeness (QED) is 0.674. The molecule has 3 N–H and O–H groups in total. The molecular weight excluding hydrogens is 272 g/mol. The van der Waals surface area contributed by atoms with E-state index >= 15 is 0 Å². The van der Waals surface area contributed by atoms with Crippen molar-refractivity contribution in [3.05, 3.63) is 24.3 Å². The molecule has 1 aromatic rings. The van der Waals surface area contributed by atoms with Crippen LogP contribution in [-0.4, -0.2) is 50.0 Å². The fourth-order valence-electron chi connectivity index (χ4n) is 2.19. The second-order valence-electron chi connectivity index (χ2n) is 5.06. The van der Waals surface area contributed by atoms with Gasteiger partial charge in [-0.2, -0.15) is 0 Å². The second-order valence-corrected chi connectivity index (χ2v) is 5.06. The van der Waals surface area contributed by atoms with E-state index < -0.39 is 6.10 Å². The molecule has 0 spiro atoms. The van der Waals surface area contributed by atoms with Crippen LogP contribution in [0.4, 0.5) is 0 Å². The lowest BCUT2D eigenvalue weighted by Crippen LogP contribution is -2.48. The number of piperidine rings is 1. The van der Waals surface area contributed by atoms with Crippen molar-refractivity contribution in [3.63, 3.8) is 0 Å². The summed E-state index contributed by atoms with van der Waals surface area (Å²) in [5.41, 5.74) is 0. The Morgan fingerprint density at radius 1 is 1.43 bits per heavy atom. The molecule has 0 bridgehead atoms. The Labute approximate surface area is 124 Å². The lowest BCUT2D eigenvalue weighted by Gasteiger charge is -2.24. The van der Waals surface area contributed by atoms with Crippen molar-refractivity contribution in [3.8, 4) is 11.5 Å². The average Bonchev–Trinajstić information content (AvgIpc) is 2.52. The predicted octanol–water partition coefficient (Wildman–Crippen LogP) is 0.303. The van der Waals surface area contributed by atoms with Crippen LogP contribution < -0.4 is 20.1 Å². The van der Waals surface area contributed by atoms with Gasteiger partial charge in [0.15, 0.2) is 11.5 Å². The number of amides is 1. The summed E-state index contributed by atoms with van der Waals surface area (Å²) < 4.78 is 10.7. The van der Waals surface area contributed by atoms with Crippen molar-refractivity contribution in [1.82, 2.24) is 10.6 Å². The van der Waals surface area contributed by atoms with Gasteiger partial charge in [-0.05, 0) is 18.6 Å². The molecule has 1 aliphatic rings. The highest BCUT2D eigenvalue weighted by molar-refractivity contribution is 5.76. The number of carbonyl (C=O) groups is 1. The number of methoxy groups -OCH3 is 1. The lowest BCUT2D eigenvalue weighted by atomic mass is 10.1. The molecule has 2 atom stereocenters. The van der Waals surface area contributed by atoms with Gasteiger partial charge in [0, 0.05) is 25.6 Å². The van der Waals surface area contributed by atoms with Crippen LogP contribution in [-0.2, 0) is 4.79 Å². The lowest BCUT2D eigenvalue weighted by molar-refractivity contribution is -0.122. The Morgan fingerprint density at radius 2 is 2.19 bits per heavy atom. The standard InChI is InChI=1S/C15H22N2O4/c1-20-13-4-2-3-5-14(13)21-10-12(18)9-16-11-6-7-15(19)17-8-11/h2-5,11-12,16,18H,6-10H2,1H3,(H,17,19). The zero-order valence-corrected chi connectivity index (χ0v) is 12.2. The fourth-order valence-corrected chi connectivity index (χ4v) is 2.19. The van der Waals surface area contributed by atoms with Crippen LogP contribution in [0.15, 0.2) is 24.3 Å². The summed E-state index contributed by atoms with van der Waals surface area (Å²) in [5, 5.41) is 16.0. The highest BCUT2D eigenvalue weighted by Gasteiger charge is 2.18. The highest BCUT2D eigenvalue weighted by Crippen LogP contribution is 2.25. The first-order chi connectivity index (χ1) is 10.2. The van der Waals surface area contributed by atoms with Gasteiger partial charge in [-0.25, -0.2) is 0 Å². The Kier molecular flexibility index (Phi) is 5.83. The summed E-state index contributed by atoms with van der Waals surface area (Å²) in [4.78, 5) is 11.0. The first-order valence-corrected chi connectivity index (χ1v) is 7.13. The maximum absolute atomic E-state index is 11.0. The van der Waals surface area contributed by atoms with E-state index in [0.717, 1.165) is 6.42 Å². The van der Waals surface area contributed by atoms with E-state index in [1.54, 1.807) is 13.2 Å². The van der Waals surface area contributed by atoms with Gasteiger partial charge in [0.1, 0.15) is 12.7 Å². The topological polar surface area (TPSA) is 79.8 Å². The first-order valence-electron chi connectivity index (χ1n) is 7.13. The predicted molar refractivity (Wildman–Crippen MR) is 78.5 cm³/mol. The number of hydrogen-bond donors (Lipinski definition) is 3. The van der Waals surface area contributed by atoms with E-state index in [2.05, 4.69) is 10.6 Å². The summed E-state index contributed by atoms with van der Waals surface area (Å²) in [6.45, 7) is 1.22. The largest absolute Gasteiger partial charge is 0.493 e. The minimum Gasteiger partial charge on any atom is -0.493 e. The number of aliphatic hydroxyl groups excluding tert-OH is 1. The molecule has 1 heterocycles. The van der Waals surface area contributed by atoms with Crippen LogP contribution >= 0.6 is 0 Å². The number of carbonyl (C=O) groups excluding carboxylic acids is 1. The molecule has 1 aliphatic heterocycles. The maximum atomic E-state index is 11.0. The molecule has 6 heteroatoms. The molecular formula is C15H22N2O4. The van der Waals surface area contributed by atoms with Crippen molar-refractivity contribution in [1.29, 1.82) is 0 Å². The van der Waals surface area contributed by atoms with Crippen LogP contribution in [0.5, 0.6) is 11.5 Å². The van der Waals surface area contributed by atoms with Crippen molar-refractivity contribution in [2.75, 3.05) is 26.8 Å². The van der Waals surface area contributed by atoms with E-state index in [4.69, 9.17) is 9.47 Å². The number of ether oxygens (including phenoxy) is 2. The third kappa shape index (κ3) is 4.91. The average molecular weight is 294 g/mol. The van der Waals surface area contributed by atoms with Crippen molar-refractivity contribution < 1.29 is 19.4 Å². The van der Waals surface area contributed by atoms with Gasteiger partial charge in [-0.15, -0.1) is 0 Å². The summed E-state index contributed by atoms with van der Waals surface area (Å²) in [7, 11) is 1.58. The zero-order valence-electron chi connectivity index (χ0n) is 12.2. The van der Waals surface area contributed by atoms with Gasteiger partial charge in [0.05, 0.1) is 7.11 Å². The second kappa shape index (κ2) is 7.85. The van der Waals surface area contributed by atoms with E-state index in [1.807, 2.05) is 18.2 Å². The number of hydrogen-bond acceptors (Lipinski definition) is 5. The number of nitrogens with one attached hydrogen (secondary N) is 2. The van der Waals surface area contributed by atoms with Crippen LogP contribution in [0.3, 0.4) is 0 Å². The van der Waals surface area contributed by atoms with Gasteiger partial charge < -0.3 is 25.2 Å². The Hall–Kier alpha value is -1.79. The van der Waals surface area contributed by atoms with Crippen molar-refractivity contribution in [2.24, 2.45) is 0 Å². The van der Waals surface area contributed by atoms with Crippen LogP contribution in [0, 0.1) is 0 Å². The molecule has 1 aromatic carbocycles. The molecule has 0 saturated carbocycles. The maximum Gasteiger partial charge on any atom is 0.220 e. The van der Waals surface area contributed by atoms with Crippen molar-refractivity contribution >= 4 is 5.91 Å². The molecule has 0 aromatic heterocycles. The molecule has 1 amide bonds. The monoisotopic (exact) mass is 294 g/mol. The molecule has 6 nitrogen and oxygen atoms in total. The van der Waals surface area contributed by atoms with Crippen LogP contribution in [0.1, 0.15) is 12.8 Å². The van der Waals surface area contributed by atoms with Gasteiger partial charge in [-0.3, -0.25) is 4.79 Å². The van der Waals surface area contributed by atoms with Gasteiger partial charge in [0.25, 0.3) is 0 Å². The first kappa shape index (κ1) is 15.6. The molecule has 1 saturated heterocycles. The van der Waals surface area contributed by atoms with Gasteiger partial charge in [-0.1, -0.05) is 12.1 Å². The summed E-state index contributed by atoms with van der Waals surface area (Å²) in [5.74, 6) is 1.35. The normalized spacial score (nSPS) is 19.7. The van der Waals surface area contributed by atoms with E-state index in [1.165, 1.54) is 0 Å². The van der Waals surface area contributed by atoms with Gasteiger partial charge in [0.2, 0.25) is 5.91 Å². The third-order valence-corrected chi connectivity index (χ3v) is 3.41. The highest BCUT2D eigenvalue weighted by atomic mass is 16.5. The molecule has 0 radical (unpaired) electrons. The third-order valence-electron chi connectivity index (χ3n) is 3.41. The van der Waals surface area contributed by atoms with Crippen LogP contribution in [0.25, 0.3) is 0 Å². The van der Waals surface area contributed by atoms with E-state index in [9.17, 15) is 9.90 Å². The zero-order chi connectivity index (χ0) is 15.1. The summed E-state index contributed by atoms with van der Waals surface area (Å²) in [6.07, 6.45) is 0.713. The number of aliphatic hydroxyl groups is 1. The molecule has 2 unspecified atom stereocenters. The Bertz CT molecular complexity index is 457. The number of para-hydroxylation sites is 2. The minimum atomic E-state index is -0.618. The molecule has 0 aliphatic carbocycles. The smallest absolute Gasteiger partial charge is 0.220 e. The van der Waals surface area contributed by atoms with Crippen LogP contribution in [0.2, 0.25) is 0 Å². The molecule has 2 rings (SSSR count). The van der Waals surface area contributed by atoms with E-state index in [0.29, 0.717) is 31.0 Å². The van der Waals surface area contributed by atoms with Crippen molar-refractivity contribution in [2.45, 2.75) is 25.0 Å². The SMILES string of the molecule is COc1ccccc1OCC(O)CNC1CCC(=O)NC1. The summed E-state index contributed by atoms with van der Waals surface area (Å²) in [6, 6.07) is 7.54. The number of benzene rings is 1. The molecule has 21 heavy (non-hydrogen) atoms. The Morgan fingerprint density at radius 3 is 2.86 bits per heavy atom. The molecule has 116 valence electrons. The number of rotatable bonds is 7.